The van der Waals surface area contributed by atoms with E-state index < -0.39 is 12.0 Å². The molecule has 1 aliphatic heterocycles. The molecule has 0 aromatic rings. The van der Waals surface area contributed by atoms with Gasteiger partial charge >= 0.3 is 0 Å². The van der Waals surface area contributed by atoms with E-state index >= 15 is 0 Å². The second kappa shape index (κ2) is 5.31. The molecule has 0 aromatic heterocycles. The summed E-state index contributed by atoms with van der Waals surface area (Å²) in [6.07, 6.45) is 2.37. The number of hydrogen-bond donors (Lipinski definition) is 1. The molecule has 15 heavy (non-hydrogen) atoms. The molecule has 3 nitrogen and oxygen atoms in total. The lowest BCUT2D eigenvalue weighted by atomic mass is 9.86. The molecule has 0 bridgehead atoms. The standard InChI is InChI=1S/C12H21NO2/c1-8-5-4-6-15-11(12(13)14)10(3)7-9(8)2/h8-9,11H,3-7H2,1-2H3,(H2,13,14). The van der Waals surface area contributed by atoms with Gasteiger partial charge < -0.3 is 10.5 Å². The van der Waals surface area contributed by atoms with Gasteiger partial charge in [-0.3, -0.25) is 4.79 Å². The third kappa shape index (κ3) is 3.34. The normalized spacial score (nSPS) is 34.0. The monoisotopic (exact) mass is 211 g/mol. The maximum absolute atomic E-state index is 11.2. The fraction of sp³-hybridized carbons (Fsp3) is 0.750. The summed E-state index contributed by atoms with van der Waals surface area (Å²) >= 11 is 0. The zero-order valence-corrected chi connectivity index (χ0v) is 9.66. The minimum absolute atomic E-state index is 0.415. The predicted octanol–water partition coefficient (Wildman–Crippen LogP) is 1.87. The van der Waals surface area contributed by atoms with Gasteiger partial charge in [0.2, 0.25) is 0 Å². The molecule has 3 atom stereocenters. The lowest BCUT2D eigenvalue weighted by Crippen LogP contribution is -2.33. The molecule has 0 radical (unpaired) electrons. The third-order valence-electron chi connectivity index (χ3n) is 3.27. The number of ether oxygens (including phenoxy) is 1. The van der Waals surface area contributed by atoms with Gasteiger partial charge in [-0.25, -0.2) is 0 Å². The highest BCUT2D eigenvalue weighted by Crippen LogP contribution is 2.27. The molecule has 0 aliphatic carbocycles. The lowest BCUT2D eigenvalue weighted by Gasteiger charge is -2.20. The van der Waals surface area contributed by atoms with E-state index in [0.717, 1.165) is 24.8 Å². The summed E-state index contributed by atoms with van der Waals surface area (Å²) < 4.78 is 5.46. The van der Waals surface area contributed by atoms with E-state index in [4.69, 9.17) is 10.5 Å². The Balaban J connectivity index is 2.70. The van der Waals surface area contributed by atoms with Crippen LogP contribution in [0.15, 0.2) is 12.2 Å². The molecule has 1 amide bonds. The molecular weight excluding hydrogens is 190 g/mol. The topological polar surface area (TPSA) is 52.3 Å². The van der Waals surface area contributed by atoms with Crippen LogP contribution >= 0.6 is 0 Å². The van der Waals surface area contributed by atoms with Crippen molar-refractivity contribution in [2.75, 3.05) is 6.61 Å². The molecule has 1 aliphatic rings. The molecule has 3 unspecified atom stereocenters. The van der Waals surface area contributed by atoms with Crippen molar-refractivity contribution >= 4 is 5.91 Å². The van der Waals surface area contributed by atoms with Gasteiger partial charge in [0.15, 0.2) is 6.10 Å². The Kier molecular flexibility index (Phi) is 4.33. The number of rotatable bonds is 1. The quantitative estimate of drug-likeness (QED) is 0.673. The Bertz CT molecular complexity index is 250. The number of carbonyl (C=O) groups is 1. The van der Waals surface area contributed by atoms with Crippen LogP contribution in [0.4, 0.5) is 0 Å². The van der Waals surface area contributed by atoms with Crippen LogP contribution < -0.4 is 5.73 Å². The van der Waals surface area contributed by atoms with E-state index in [1.54, 1.807) is 0 Å². The summed E-state index contributed by atoms with van der Waals surface area (Å²) in [5.41, 5.74) is 6.11. The highest BCUT2D eigenvalue weighted by Gasteiger charge is 2.24. The van der Waals surface area contributed by atoms with Gasteiger partial charge in [0.05, 0.1) is 0 Å². The fourth-order valence-electron chi connectivity index (χ4n) is 2.01. The number of carbonyl (C=O) groups excluding carboxylic acids is 1. The van der Waals surface area contributed by atoms with E-state index in [0.29, 0.717) is 18.4 Å². The smallest absolute Gasteiger partial charge is 0.250 e. The van der Waals surface area contributed by atoms with Crippen molar-refractivity contribution < 1.29 is 9.53 Å². The maximum Gasteiger partial charge on any atom is 0.250 e. The minimum Gasteiger partial charge on any atom is -0.367 e. The molecule has 3 heteroatoms. The molecule has 0 aromatic carbocycles. The number of hydrogen-bond acceptors (Lipinski definition) is 2. The lowest BCUT2D eigenvalue weighted by molar-refractivity contribution is -0.127. The predicted molar refractivity (Wildman–Crippen MR) is 60.3 cm³/mol. The van der Waals surface area contributed by atoms with E-state index in [1.807, 2.05) is 0 Å². The molecule has 86 valence electrons. The van der Waals surface area contributed by atoms with Crippen molar-refractivity contribution in [3.63, 3.8) is 0 Å². The Labute approximate surface area is 91.7 Å². The van der Waals surface area contributed by atoms with Gasteiger partial charge in [0.1, 0.15) is 0 Å². The number of amides is 1. The number of primary amides is 1. The Morgan fingerprint density at radius 2 is 2.13 bits per heavy atom. The first-order valence-corrected chi connectivity index (χ1v) is 5.61. The van der Waals surface area contributed by atoms with Crippen LogP contribution in [0.25, 0.3) is 0 Å². The van der Waals surface area contributed by atoms with Crippen molar-refractivity contribution in [3.05, 3.63) is 12.2 Å². The van der Waals surface area contributed by atoms with Gasteiger partial charge in [-0.1, -0.05) is 20.4 Å². The van der Waals surface area contributed by atoms with Gasteiger partial charge in [-0.05, 0) is 36.7 Å². The average molecular weight is 211 g/mol. The highest BCUT2D eigenvalue weighted by atomic mass is 16.5. The van der Waals surface area contributed by atoms with Crippen LogP contribution in [-0.2, 0) is 9.53 Å². The second-order valence-electron chi connectivity index (χ2n) is 4.61. The first-order valence-electron chi connectivity index (χ1n) is 5.61. The van der Waals surface area contributed by atoms with E-state index in [9.17, 15) is 4.79 Å². The van der Waals surface area contributed by atoms with E-state index in [-0.39, 0.29) is 0 Å². The van der Waals surface area contributed by atoms with Crippen LogP contribution in [0, 0.1) is 11.8 Å². The van der Waals surface area contributed by atoms with E-state index in [2.05, 4.69) is 20.4 Å². The summed E-state index contributed by atoms with van der Waals surface area (Å²) in [6.45, 7) is 8.95. The van der Waals surface area contributed by atoms with Crippen LogP contribution in [-0.4, -0.2) is 18.6 Å². The summed E-state index contributed by atoms with van der Waals surface area (Å²) in [6, 6.07) is 0. The van der Waals surface area contributed by atoms with Crippen LogP contribution in [0.1, 0.15) is 33.1 Å². The van der Waals surface area contributed by atoms with Crippen LogP contribution in [0.2, 0.25) is 0 Å². The van der Waals surface area contributed by atoms with Crippen molar-refractivity contribution in [2.45, 2.75) is 39.2 Å². The molecule has 2 N–H and O–H groups in total. The molecule has 0 spiro atoms. The summed E-state index contributed by atoms with van der Waals surface area (Å²) in [4.78, 5) is 11.2. The fourth-order valence-corrected chi connectivity index (χ4v) is 2.01. The SMILES string of the molecule is C=C1CC(C)C(C)CCCOC1C(N)=O. The zero-order chi connectivity index (χ0) is 11.4. The van der Waals surface area contributed by atoms with Crippen molar-refractivity contribution in [3.8, 4) is 0 Å². The zero-order valence-electron chi connectivity index (χ0n) is 9.66. The Morgan fingerprint density at radius 1 is 1.47 bits per heavy atom. The molecule has 1 saturated heterocycles. The molecule has 1 fully saturated rings. The van der Waals surface area contributed by atoms with Crippen LogP contribution in [0.5, 0.6) is 0 Å². The molecular formula is C12H21NO2. The average Bonchev–Trinajstić information content (AvgIpc) is 2.20. The first-order chi connectivity index (χ1) is 7.02. The summed E-state index contributed by atoms with van der Waals surface area (Å²) in [5.74, 6) is 0.778. The Morgan fingerprint density at radius 3 is 2.73 bits per heavy atom. The van der Waals surface area contributed by atoms with Crippen LogP contribution in [0.3, 0.4) is 0 Å². The summed E-state index contributed by atoms with van der Waals surface area (Å²) in [5, 5.41) is 0. The largest absolute Gasteiger partial charge is 0.367 e. The van der Waals surface area contributed by atoms with Gasteiger partial charge in [0, 0.05) is 6.61 Å². The van der Waals surface area contributed by atoms with Crippen molar-refractivity contribution in [1.29, 1.82) is 0 Å². The van der Waals surface area contributed by atoms with Gasteiger partial charge in [0.25, 0.3) is 5.91 Å². The van der Waals surface area contributed by atoms with Gasteiger partial charge in [-0.15, -0.1) is 0 Å². The molecule has 1 heterocycles. The highest BCUT2D eigenvalue weighted by molar-refractivity contribution is 5.82. The Hall–Kier alpha value is -0.830. The van der Waals surface area contributed by atoms with Gasteiger partial charge in [-0.2, -0.15) is 0 Å². The first kappa shape index (κ1) is 12.2. The minimum atomic E-state index is -0.585. The van der Waals surface area contributed by atoms with Crippen molar-refractivity contribution in [2.24, 2.45) is 17.6 Å². The third-order valence-corrected chi connectivity index (χ3v) is 3.27. The number of nitrogens with two attached hydrogens (primary N) is 1. The van der Waals surface area contributed by atoms with E-state index in [1.165, 1.54) is 0 Å². The molecule has 1 rings (SSSR count). The maximum atomic E-state index is 11.2. The molecule has 0 saturated carbocycles. The summed E-state index contributed by atoms with van der Waals surface area (Å²) in [7, 11) is 0. The van der Waals surface area contributed by atoms with Crippen molar-refractivity contribution in [1.82, 2.24) is 0 Å². The second-order valence-corrected chi connectivity index (χ2v) is 4.61.